The van der Waals surface area contributed by atoms with E-state index < -0.39 is 5.54 Å². The fourth-order valence-corrected chi connectivity index (χ4v) is 3.03. The normalized spacial score (nSPS) is 22.6. The number of hydrogen-bond donors (Lipinski definition) is 2. The molecule has 0 unspecified atom stereocenters. The highest BCUT2D eigenvalue weighted by Gasteiger charge is 2.39. The van der Waals surface area contributed by atoms with Gasteiger partial charge >= 0.3 is 6.03 Å². The number of nitrogens with zero attached hydrogens (tertiary/aromatic N) is 1. The topological polar surface area (TPSA) is 52.6 Å². The van der Waals surface area contributed by atoms with Crippen LogP contribution >= 0.6 is 27.5 Å². The molecule has 2 rings (SSSR count). The largest absolute Gasteiger partial charge is 0.394 e. The molecule has 19 heavy (non-hydrogen) atoms. The van der Waals surface area contributed by atoms with Gasteiger partial charge in [0, 0.05) is 11.0 Å². The van der Waals surface area contributed by atoms with Gasteiger partial charge in [0.1, 0.15) is 0 Å². The smallest absolute Gasteiger partial charge is 0.322 e. The summed E-state index contributed by atoms with van der Waals surface area (Å²) in [7, 11) is 0. The zero-order chi connectivity index (χ0) is 14.0. The van der Waals surface area contributed by atoms with E-state index in [0.29, 0.717) is 17.3 Å². The number of aliphatic hydroxyl groups excluding tert-OH is 1. The number of benzene rings is 1. The molecule has 1 aliphatic heterocycles. The Morgan fingerprint density at radius 2 is 2.37 bits per heavy atom. The van der Waals surface area contributed by atoms with Crippen LogP contribution < -0.4 is 5.32 Å². The molecule has 2 amide bonds. The molecule has 0 aliphatic carbocycles. The number of urea groups is 1. The SMILES string of the molecule is C[C@]1(CO)CCCN1C(=O)Nc1ccc(Br)cc1Cl. The Hall–Kier alpha value is -0.780. The highest BCUT2D eigenvalue weighted by atomic mass is 79.9. The molecular formula is C13H16BrClN2O2. The number of rotatable bonds is 2. The molecular weight excluding hydrogens is 332 g/mol. The standard InChI is InChI=1S/C13H16BrClN2O2/c1-13(8-18)5-2-6-17(13)12(19)16-11-4-3-9(14)7-10(11)15/h3-4,7,18H,2,5-6,8H2,1H3,(H,16,19)/t13-/m1/s1. The third-order valence-corrected chi connectivity index (χ3v) is 4.31. The van der Waals surface area contributed by atoms with Crippen molar-refractivity contribution in [3.05, 3.63) is 27.7 Å². The van der Waals surface area contributed by atoms with Gasteiger partial charge in [0.2, 0.25) is 0 Å². The first-order valence-corrected chi connectivity index (χ1v) is 7.28. The van der Waals surface area contributed by atoms with Gasteiger partial charge < -0.3 is 15.3 Å². The number of aliphatic hydroxyl groups is 1. The summed E-state index contributed by atoms with van der Waals surface area (Å²) in [5.74, 6) is 0. The van der Waals surface area contributed by atoms with Crippen LogP contribution in [-0.2, 0) is 0 Å². The van der Waals surface area contributed by atoms with Crippen molar-refractivity contribution in [2.24, 2.45) is 0 Å². The predicted molar refractivity (Wildman–Crippen MR) is 79.6 cm³/mol. The lowest BCUT2D eigenvalue weighted by Gasteiger charge is -2.33. The molecule has 0 bridgehead atoms. The van der Waals surface area contributed by atoms with E-state index in [1.807, 2.05) is 13.0 Å². The molecule has 1 aromatic rings. The van der Waals surface area contributed by atoms with Crippen molar-refractivity contribution in [2.45, 2.75) is 25.3 Å². The summed E-state index contributed by atoms with van der Waals surface area (Å²) in [5.41, 5.74) is 0.0911. The van der Waals surface area contributed by atoms with Crippen molar-refractivity contribution >= 4 is 39.2 Å². The van der Waals surface area contributed by atoms with Crippen LogP contribution in [0.4, 0.5) is 10.5 Å². The predicted octanol–water partition coefficient (Wildman–Crippen LogP) is 3.48. The first kappa shape index (κ1) is 14.6. The van der Waals surface area contributed by atoms with Gasteiger partial charge in [0.25, 0.3) is 0 Å². The van der Waals surface area contributed by atoms with Crippen LogP contribution in [0.25, 0.3) is 0 Å². The zero-order valence-electron chi connectivity index (χ0n) is 10.6. The minimum absolute atomic E-state index is 0.0332. The van der Waals surface area contributed by atoms with Gasteiger partial charge in [0.15, 0.2) is 0 Å². The van der Waals surface area contributed by atoms with Crippen molar-refractivity contribution < 1.29 is 9.90 Å². The Balaban J connectivity index is 2.13. The Kier molecular flexibility index (Phi) is 4.38. The fraction of sp³-hybridized carbons (Fsp3) is 0.462. The summed E-state index contributed by atoms with van der Waals surface area (Å²) in [4.78, 5) is 13.9. The van der Waals surface area contributed by atoms with Crippen molar-refractivity contribution in [1.82, 2.24) is 4.90 Å². The van der Waals surface area contributed by atoms with Gasteiger partial charge in [0.05, 0.1) is 22.9 Å². The van der Waals surface area contributed by atoms with Crippen molar-refractivity contribution in [2.75, 3.05) is 18.5 Å². The van der Waals surface area contributed by atoms with Crippen molar-refractivity contribution in [3.8, 4) is 0 Å². The van der Waals surface area contributed by atoms with Gasteiger partial charge in [-0.05, 0) is 38.0 Å². The van der Waals surface area contributed by atoms with Gasteiger partial charge in [-0.3, -0.25) is 0 Å². The van der Waals surface area contributed by atoms with Crippen LogP contribution in [0.1, 0.15) is 19.8 Å². The first-order chi connectivity index (χ1) is 8.96. The zero-order valence-corrected chi connectivity index (χ0v) is 13.0. The minimum Gasteiger partial charge on any atom is -0.394 e. The summed E-state index contributed by atoms with van der Waals surface area (Å²) >= 11 is 9.39. The fourth-order valence-electron chi connectivity index (χ4n) is 2.31. The van der Waals surface area contributed by atoms with Crippen molar-refractivity contribution in [1.29, 1.82) is 0 Å². The molecule has 0 saturated carbocycles. The molecule has 4 nitrogen and oxygen atoms in total. The van der Waals surface area contributed by atoms with E-state index in [9.17, 15) is 9.90 Å². The number of hydrogen-bond acceptors (Lipinski definition) is 2. The van der Waals surface area contributed by atoms with E-state index in [2.05, 4.69) is 21.2 Å². The van der Waals surface area contributed by atoms with E-state index in [-0.39, 0.29) is 12.6 Å². The maximum Gasteiger partial charge on any atom is 0.322 e. The van der Waals surface area contributed by atoms with Crippen LogP contribution in [0.5, 0.6) is 0 Å². The number of carbonyl (C=O) groups excluding carboxylic acids is 1. The Bertz CT molecular complexity index is 498. The number of carbonyl (C=O) groups is 1. The summed E-state index contributed by atoms with van der Waals surface area (Å²) in [6.45, 7) is 2.51. The van der Waals surface area contributed by atoms with Crippen LogP contribution in [0.2, 0.25) is 5.02 Å². The molecule has 1 aliphatic rings. The molecule has 0 aromatic heterocycles. The van der Waals surface area contributed by atoms with Crippen molar-refractivity contribution in [3.63, 3.8) is 0 Å². The number of amides is 2. The van der Waals surface area contributed by atoms with Gasteiger partial charge in [-0.2, -0.15) is 0 Å². The van der Waals surface area contributed by atoms with Crippen LogP contribution in [-0.4, -0.2) is 34.7 Å². The Morgan fingerprint density at radius 1 is 1.63 bits per heavy atom. The minimum atomic E-state index is -0.480. The van der Waals surface area contributed by atoms with Gasteiger partial charge in [-0.25, -0.2) is 4.79 Å². The molecule has 6 heteroatoms. The Morgan fingerprint density at radius 3 is 3.00 bits per heavy atom. The lowest BCUT2D eigenvalue weighted by molar-refractivity contribution is 0.104. The highest BCUT2D eigenvalue weighted by Crippen LogP contribution is 2.31. The monoisotopic (exact) mass is 346 g/mol. The van der Waals surface area contributed by atoms with E-state index in [0.717, 1.165) is 17.3 Å². The quantitative estimate of drug-likeness (QED) is 0.860. The van der Waals surface area contributed by atoms with Crippen LogP contribution in [0.3, 0.4) is 0 Å². The second-order valence-corrected chi connectivity index (χ2v) is 6.29. The van der Waals surface area contributed by atoms with Crippen LogP contribution in [0.15, 0.2) is 22.7 Å². The number of halogens is 2. The van der Waals surface area contributed by atoms with Gasteiger partial charge in [-0.15, -0.1) is 0 Å². The molecule has 2 N–H and O–H groups in total. The molecule has 104 valence electrons. The molecule has 1 fully saturated rings. The summed E-state index contributed by atoms with van der Waals surface area (Å²) in [5, 5.41) is 12.7. The van der Waals surface area contributed by atoms with Crippen LogP contribution in [0, 0.1) is 0 Å². The summed E-state index contributed by atoms with van der Waals surface area (Å²) in [6, 6.07) is 5.07. The first-order valence-electron chi connectivity index (χ1n) is 6.11. The van der Waals surface area contributed by atoms with Gasteiger partial charge in [-0.1, -0.05) is 27.5 Å². The maximum atomic E-state index is 12.3. The highest BCUT2D eigenvalue weighted by molar-refractivity contribution is 9.10. The average Bonchev–Trinajstić information content (AvgIpc) is 2.76. The third-order valence-electron chi connectivity index (χ3n) is 3.51. The summed E-state index contributed by atoms with van der Waals surface area (Å²) in [6.07, 6.45) is 1.71. The summed E-state index contributed by atoms with van der Waals surface area (Å²) < 4.78 is 0.858. The van der Waals surface area contributed by atoms with E-state index >= 15 is 0 Å². The molecule has 0 spiro atoms. The number of anilines is 1. The number of likely N-dealkylation sites (tertiary alicyclic amines) is 1. The lowest BCUT2D eigenvalue weighted by Crippen LogP contribution is -2.49. The van der Waals surface area contributed by atoms with E-state index in [4.69, 9.17) is 11.6 Å². The molecule has 1 aromatic carbocycles. The molecule has 1 saturated heterocycles. The molecule has 1 atom stereocenters. The van der Waals surface area contributed by atoms with E-state index in [1.165, 1.54) is 0 Å². The Labute approximate surface area is 125 Å². The maximum absolute atomic E-state index is 12.3. The second-order valence-electron chi connectivity index (χ2n) is 4.96. The average molecular weight is 348 g/mol. The molecule has 0 radical (unpaired) electrons. The third kappa shape index (κ3) is 3.04. The van der Waals surface area contributed by atoms with E-state index in [1.54, 1.807) is 17.0 Å². The molecule has 1 heterocycles. The second kappa shape index (κ2) is 5.69. The lowest BCUT2D eigenvalue weighted by atomic mass is 10.0. The number of nitrogens with one attached hydrogen (secondary N) is 1.